The van der Waals surface area contributed by atoms with Crippen molar-refractivity contribution in [3.63, 3.8) is 0 Å². The van der Waals surface area contributed by atoms with Crippen molar-refractivity contribution in [2.24, 2.45) is 5.41 Å². The highest BCUT2D eigenvalue weighted by Crippen LogP contribution is 2.69. The molecule has 0 aliphatic heterocycles. The quantitative estimate of drug-likeness (QED) is 0.336. The maximum absolute atomic E-state index is 14.4. The lowest BCUT2D eigenvalue weighted by molar-refractivity contribution is 0.0957. The van der Waals surface area contributed by atoms with Gasteiger partial charge in [-0.15, -0.1) is 5.10 Å². The molecule has 2 heterocycles. The number of halogens is 2. The summed E-state index contributed by atoms with van der Waals surface area (Å²) < 4.78 is 33.9. The summed E-state index contributed by atoms with van der Waals surface area (Å²) in [7, 11) is 1.62. The van der Waals surface area contributed by atoms with E-state index < -0.39 is 17.0 Å². The van der Waals surface area contributed by atoms with Gasteiger partial charge >= 0.3 is 0 Å². The van der Waals surface area contributed by atoms with Gasteiger partial charge in [-0.05, 0) is 66.5 Å². The molecule has 3 aromatic rings. The van der Waals surface area contributed by atoms with Crippen LogP contribution in [0.25, 0.3) is 11.3 Å². The van der Waals surface area contributed by atoms with Crippen molar-refractivity contribution in [2.45, 2.75) is 50.9 Å². The number of aromatic nitrogens is 3. The van der Waals surface area contributed by atoms with E-state index >= 15 is 0 Å². The van der Waals surface area contributed by atoms with Crippen molar-refractivity contribution in [1.29, 1.82) is 0 Å². The lowest BCUT2D eigenvalue weighted by atomic mass is 9.66. The van der Waals surface area contributed by atoms with Crippen LogP contribution in [0, 0.1) is 17.0 Å². The Balaban J connectivity index is 1.59. The van der Waals surface area contributed by atoms with E-state index in [1.807, 2.05) is 12.1 Å². The van der Waals surface area contributed by atoms with Gasteiger partial charge in [0.1, 0.15) is 17.3 Å². The molecule has 176 valence electrons. The van der Waals surface area contributed by atoms with Crippen molar-refractivity contribution < 1.29 is 18.3 Å². The summed E-state index contributed by atoms with van der Waals surface area (Å²) in [5.41, 5.74) is 2.27. The number of hydrogen-bond acceptors (Lipinski definition) is 5. The fraction of sp³-hybridized carbons (Fsp3) is 0.407. The number of carbonyl (C=O) groups excluding carboxylic acids is 1. The number of ketones is 1. The molecule has 0 N–H and O–H groups in total. The first-order chi connectivity index (χ1) is 16.3. The summed E-state index contributed by atoms with van der Waals surface area (Å²) in [6, 6.07) is 11.2. The molecule has 0 radical (unpaired) electrons. The predicted molar refractivity (Wildman–Crippen MR) is 124 cm³/mol. The van der Waals surface area contributed by atoms with Gasteiger partial charge in [0, 0.05) is 20.1 Å². The van der Waals surface area contributed by atoms with Gasteiger partial charge in [-0.25, -0.2) is 13.8 Å². The van der Waals surface area contributed by atoms with Crippen LogP contribution in [0.3, 0.4) is 0 Å². The molecule has 1 saturated carbocycles. The van der Waals surface area contributed by atoms with Crippen LogP contribution in [0.1, 0.15) is 72.9 Å². The molecule has 2 aliphatic rings. The maximum atomic E-state index is 14.4. The Morgan fingerprint density at radius 3 is 2.59 bits per heavy atom. The average molecular weight is 464 g/mol. The second kappa shape index (κ2) is 8.31. The van der Waals surface area contributed by atoms with E-state index in [0.717, 1.165) is 29.8 Å². The van der Waals surface area contributed by atoms with E-state index in [9.17, 15) is 13.6 Å². The summed E-state index contributed by atoms with van der Waals surface area (Å²) in [6.45, 7) is 4.90. The molecule has 2 bridgehead atoms. The van der Waals surface area contributed by atoms with Gasteiger partial charge in [0.05, 0.1) is 28.1 Å². The van der Waals surface area contributed by atoms with Gasteiger partial charge in [0.15, 0.2) is 5.78 Å². The number of benzene rings is 1. The standard InChI is InChI=1S/C27H27F2N3O2/c1-26(2)17-12-13-27(26,23-11-5-9-20(30-23)22(33)10-6-14-34-3)25-16(17)15-21(31-32-25)24-18(28)7-4-8-19(24)29/h4-5,7-9,11,15,17H,6,10,12-14H2,1-3H3/t17-,27-/m0/s1. The van der Waals surface area contributed by atoms with E-state index in [2.05, 4.69) is 24.0 Å². The first kappa shape index (κ1) is 22.7. The molecule has 1 aromatic carbocycles. The lowest BCUT2D eigenvalue weighted by Crippen LogP contribution is -2.38. The van der Waals surface area contributed by atoms with Crippen LogP contribution < -0.4 is 0 Å². The van der Waals surface area contributed by atoms with Crippen LogP contribution in [0.15, 0.2) is 42.5 Å². The molecular weight excluding hydrogens is 436 g/mol. The van der Waals surface area contributed by atoms with Crippen LogP contribution in [0.5, 0.6) is 0 Å². The Morgan fingerprint density at radius 2 is 1.85 bits per heavy atom. The smallest absolute Gasteiger partial charge is 0.181 e. The molecule has 2 aromatic heterocycles. The first-order valence-electron chi connectivity index (χ1n) is 11.6. The minimum atomic E-state index is -0.660. The summed E-state index contributed by atoms with van der Waals surface area (Å²) in [5, 5.41) is 8.82. The number of nitrogens with zero attached hydrogens (tertiary/aromatic N) is 3. The highest BCUT2D eigenvalue weighted by Gasteiger charge is 2.65. The van der Waals surface area contributed by atoms with E-state index in [1.165, 1.54) is 18.2 Å². The summed E-state index contributed by atoms with van der Waals surface area (Å²) in [6.07, 6.45) is 2.74. The lowest BCUT2D eigenvalue weighted by Gasteiger charge is -2.37. The van der Waals surface area contributed by atoms with Gasteiger partial charge in [0.2, 0.25) is 0 Å². The van der Waals surface area contributed by atoms with E-state index in [-0.39, 0.29) is 28.4 Å². The van der Waals surface area contributed by atoms with Crippen molar-refractivity contribution in [1.82, 2.24) is 15.2 Å². The number of methoxy groups -OCH3 is 1. The summed E-state index contributed by atoms with van der Waals surface area (Å²) in [5.74, 6) is -1.19. The number of rotatable bonds is 7. The molecule has 0 spiro atoms. The molecule has 2 aliphatic carbocycles. The van der Waals surface area contributed by atoms with E-state index in [4.69, 9.17) is 9.72 Å². The number of carbonyl (C=O) groups is 1. The number of ether oxygens (including phenoxy) is 1. The molecule has 1 fully saturated rings. The van der Waals surface area contributed by atoms with Gasteiger partial charge < -0.3 is 4.74 Å². The molecule has 34 heavy (non-hydrogen) atoms. The third-order valence-corrected chi connectivity index (χ3v) is 7.83. The summed E-state index contributed by atoms with van der Waals surface area (Å²) >= 11 is 0. The van der Waals surface area contributed by atoms with Crippen molar-refractivity contribution in [3.05, 3.63) is 76.7 Å². The summed E-state index contributed by atoms with van der Waals surface area (Å²) in [4.78, 5) is 17.6. The van der Waals surface area contributed by atoms with E-state index in [1.54, 1.807) is 19.2 Å². The monoisotopic (exact) mass is 463 g/mol. The van der Waals surface area contributed by atoms with Crippen molar-refractivity contribution in [2.75, 3.05) is 13.7 Å². The average Bonchev–Trinajstić information content (AvgIpc) is 3.20. The fourth-order valence-corrected chi connectivity index (χ4v) is 6.09. The highest BCUT2D eigenvalue weighted by molar-refractivity contribution is 5.94. The second-order valence-corrected chi connectivity index (χ2v) is 9.78. The second-order valence-electron chi connectivity index (χ2n) is 9.78. The predicted octanol–water partition coefficient (Wildman–Crippen LogP) is 5.63. The molecular formula is C27H27F2N3O2. The van der Waals surface area contributed by atoms with Crippen molar-refractivity contribution >= 4 is 5.78 Å². The zero-order chi connectivity index (χ0) is 24.1. The largest absolute Gasteiger partial charge is 0.385 e. The Morgan fingerprint density at radius 1 is 1.12 bits per heavy atom. The molecule has 0 amide bonds. The Hall–Kier alpha value is -3.06. The van der Waals surface area contributed by atoms with Gasteiger partial charge in [-0.3, -0.25) is 4.79 Å². The van der Waals surface area contributed by atoms with Crippen LogP contribution in [-0.4, -0.2) is 34.7 Å². The third-order valence-electron chi connectivity index (χ3n) is 7.83. The topological polar surface area (TPSA) is 65.0 Å². The van der Waals surface area contributed by atoms with Crippen LogP contribution >= 0.6 is 0 Å². The Bertz CT molecular complexity index is 1260. The molecule has 0 unspecified atom stereocenters. The molecule has 5 nitrogen and oxygen atoms in total. The van der Waals surface area contributed by atoms with Crippen LogP contribution in [0.4, 0.5) is 8.78 Å². The third kappa shape index (κ3) is 3.21. The number of hydrogen-bond donors (Lipinski definition) is 0. The normalized spacial score (nSPS) is 22.1. The maximum Gasteiger partial charge on any atom is 0.181 e. The van der Waals surface area contributed by atoms with Gasteiger partial charge in [-0.2, -0.15) is 5.10 Å². The molecule has 0 saturated heterocycles. The van der Waals surface area contributed by atoms with Gasteiger partial charge in [0.25, 0.3) is 0 Å². The molecule has 2 atom stereocenters. The number of fused-ring (bicyclic) bond motifs is 5. The Kier molecular flexibility index (Phi) is 5.55. The minimum Gasteiger partial charge on any atom is -0.385 e. The SMILES string of the molecule is COCCCC(=O)c1cccc([C@@]23CC[C@@H](c4cc(-c5c(F)cccc5F)nnc42)C3(C)C)n1. The zero-order valence-corrected chi connectivity index (χ0v) is 19.6. The minimum absolute atomic E-state index is 0.0164. The Labute approximate surface area is 197 Å². The van der Waals surface area contributed by atoms with Crippen molar-refractivity contribution in [3.8, 4) is 11.3 Å². The first-order valence-corrected chi connectivity index (χ1v) is 11.6. The molecule has 5 rings (SSSR count). The van der Waals surface area contributed by atoms with Gasteiger partial charge in [-0.1, -0.05) is 26.0 Å². The van der Waals surface area contributed by atoms with Crippen LogP contribution in [-0.2, 0) is 10.2 Å². The van der Waals surface area contributed by atoms with Crippen LogP contribution in [0.2, 0.25) is 0 Å². The highest BCUT2D eigenvalue weighted by atomic mass is 19.1. The number of Topliss-reactive ketones (excluding diaryl/α,β-unsaturated/α-hetero) is 1. The molecule has 7 heteroatoms. The van der Waals surface area contributed by atoms with E-state index in [0.29, 0.717) is 25.1 Å². The fourth-order valence-electron chi connectivity index (χ4n) is 6.09. The zero-order valence-electron chi connectivity index (χ0n) is 19.6. The number of pyridine rings is 1.